The Morgan fingerprint density at radius 3 is 2.27 bits per heavy atom. The first-order chi connectivity index (χ1) is 15.5. The van der Waals surface area contributed by atoms with Crippen LogP contribution in [-0.4, -0.2) is 84.7 Å². The van der Waals surface area contributed by atoms with Crippen LogP contribution < -0.4 is 16.0 Å². The fourth-order valence-electron chi connectivity index (χ4n) is 4.67. The molecule has 0 unspecified atom stereocenters. The van der Waals surface area contributed by atoms with E-state index >= 15 is 0 Å². The molecule has 2 heterocycles. The van der Waals surface area contributed by atoms with Crippen molar-refractivity contribution in [1.29, 1.82) is 0 Å². The summed E-state index contributed by atoms with van der Waals surface area (Å²) in [5.74, 6) is -0.893. The molecule has 0 aromatic heterocycles. The summed E-state index contributed by atoms with van der Waals surface area (Å²) in [4.78, 5) is 56.6. The molecular weight excluding hydrogens is 422 g/mol. The van der Waals surface area contributed by atoms with E-state index in [-0.39, 0.29) is 42.0 Å². The third-order valence-electron chi connectivity index (χ3n) is 6.33. The van der Waals surface area contributed by atoms with Crippen molar-refractivity contribution < 1.29 is 19.2 Å². The molecule has 1 aromatic carbocycles. The number of nitrogens with two attached hydrogens (primary N) is 1. The van der Waals surface area contributed by atoms with Crippen molar-refractivity contribution in [2.75, 3.05) is 32.1 Å². The van der Waals surface area contributed by atoms with Gasteiger partial charge < -0.3 is 25.8 Å². The summed E-state index contributed by atoms with van der Waals surface area (Å²) in [5, 5.41) is 2.88. The molecule has 1 aromatic rings. The number of nitrogens with one attached hydrogen (secondary N) is 1. The second kappa shape index (κ2) is 9.91. The number of fused-ring (bicyclic) bond motifs is 1. The third-order valence-corrected chi connectivity index (χ3v) is 6.33. The summed E-state index contributed by atoms with van der Waals surface area (Å²) < 4.78 is 0. The highest BCUT2D eigenvalue weighted by Crippen LogP contribution is 2.31. The molecule has 2 aliphatic heterocycles. The molecule has 0 radical (unpaired) electrons. The average Bonchev–Trinajstić information content (AvgIpc) is 3.33. The highest BCUT2D eigenvalue weighted by atomic mass is 16.2. The number of anilines is 1. The minimum atomic E-state index is -0.754. The van der Waals surface area contributed by atoms with Gasteiger partial charge in [-0.05, 0) is 49.9 Å². The molecule has 2 fully saturated rings. The number of likely N-dealkylation sites (tertiary alicyclic amines) is 2. The topological polar surface area (TPSA) is 116 Å². The zero-order chi connectivity index (χ0) is 24.4. The summed E-state index contributed by atoms with van der Waals surface area (Å²) >= 11 is 0. The lowest BCUT2D eigenvalue weighted by Gasteiger charge is -2.29. The predicted molar refractivity (Wildman–Crippen MR) is 126 cm³/mol. The predicted octanol–water partition coefficient (Wildman–Crippen LogP) is 0.625. The van der Waals surface area contributed by atoms with Crippen molar-refractivity contribution >= 4 is 29.2 Å². The first-order valence-corrected chi connectivity index (χ1v) is 11.5. The molecule has 180 valence electrons. The fourth-order valence-corrected chi connectivity index (χ4v) is 4.67. The Hall–Kier alpha value is -2.94. The van der Waals surface area contributed by atoms with Crippen LogP contribution in [0.3, 0.4) is 0 Å². The number of amides is 3. The molecule has 0 spiro atoms. The molecule has 0 bridgehead atoms. The van der Waals surface area contributed by atoms with Crippen molar-refractivity contribution in [2.24, 2.45) is 11.7 Å². The fraction of sp³-hybridized carbons (Fsp3) is 0.583. The van der Waals surface area contributed by atoms with Gasteiger partial charge in [0.05, 0.1) is 18.6 Å². The van der Waals surface area contributed by atoms with Crippen LogP contribution in [-0.2, 0) is 14.4 Å². The van der Waals surface area contributed by atoms with E-state index in [0.29, 0.717) is 24.9 Å². The Balaban J connectivity index is 1.76. The maximum atomic E-state index is 13.5. The lowest BCUT2D eigenvalue weighted by Crippen LogP contribution is -2.53. The second-order valence-electron chi connectivity index (χ2n) is 9.65. The number of carbonyl (C=O) groups is 4. The summed E-state index contributed by atoms with van der Waals surface area (Å²) in [6.07, 6.45) is 0.972. The molecule has 2 aliphatic rings. The van der Waals surface area contributed by atoms with Gasteiger partial charge >= 0.3 is 0 Å². The average molecular weight is 458 g/mol. The van der Waals surface area contributed by atoms with E-state index in [2.05, 4.69) is 5.32 Å². The quantitative estimate of drug-likeness (QED) is 0.620. The van der Waals surface area contributed by atoms with Gasteiger partial charge in [0.1, 0.15) is 12.1 Å². The molecule has 2 saturated heterocycles. The van der Waals surface area contributed by atoms with Crippen LogP contribution >= 0.6 is 0 Å². The van der Waals surface area contributed by atoms with E-state index in [1.54, 1.807) is 24.0 Å². The highest BCUT2D eigenvalue weighted by Gasteiger charge is 2.52. The number of benzene rings is 1. The molecule has 4 atom stereocenters. The monoisotopic (exact) mass is 457 g/mol. The highest BCUT2D eigenvalue weighted by molar-refractivity contribution is 6.01. The van der Waals surface area contributed by atoms with Gasteiger partial charge in [-0.15, -0.1) is 0 Å². The molecule has 3 N–H and O–H groups in total. The number of ketones is 1. The van der Waals surface area contributed by atoms with Gasteiger partial charge in [0.2, 0.25) is 11.8 Å². The van der Waals surface area contributed by atoms with Gasteiger partial charge in [0.15, 0.2) is 5.78 Å². The van der Waals surface area contributed by atoms with Gasteiger partial charge in [-0.2, -0.15) is 0 Å². The van der Waals surface area contributed by atoms with Gasteiger partial charge in [-0.1, -0.05) is 13.8 Å². The molecule has 3 amide bonds. The first kappa shape index (κ1) is 24.7. The summed E-state index contributed by atoms with van der Waals surface area (Å²) in [6.45, 7) is 5.89. The van der Waals surface area contributed by atoms with Crippen LogP contribution in [0.2, 0.25) is 0 Å². The molecule has 0 saturated carbocycles. The zero-order valence-corrected chi connectivity index (χ0v) is 20.1. The first-order valence-electron chi connectivity index (χ1n) is 11.5. The van der Waals surface area contributed by atoms with Gasteiger partial charge in [-0.25, -0.2) is 0 Å². The van der Waals surface area contributed by atoms with Crippen LogP contribution in [0.1, 0.15) is 44.0 Å². The van der Waals surface area contributed by atoms with Crippen LogP contribution in [0.5, 0.6) is 0 Å². The lowest BCUT2D eigenvalue weighted by atomic mass is 10.0. The smallest absolute Gasteiger partial charge is 0.251 e. The van der Waals surface area contributed by atoms with E-state index in [1.165, 1.54) is 4.90 Å². The van der Waals surface area contributed by atoms with E-state index in [9.17, 15) is 19.2 Å². The molecule has 0 aliphatic carbocycles. The molecular formula is C24H35N5O4. The Morgan fingerprint density at radius 1 is 1.09 bits per heavy atom. The lowest BCUT2D eigenvalue weighted by molar-refractivity contribution is -0.138. The Kier molecular flexibility index (Phi) is 7.41. The van der Waals surface area contributed by atoms with Crippen molar-refractivity contribution in [3.8, 4) is 0 Å². The van der Waals surface area contributed by atoms with E-state index in [4.69, 9.17) is 5.73 Å². The maximum absolute atomic E-state index is 13.5. The Morgan fingerprint density at radius 2 is 1.73 bits per heavy atom. The molecule has 9 nitrogen and oxygen atoms in total. The van der Waals surface area contributed by atoms with Crippen LogP contribution in [0.4, 0.5) is 5.69 Å². The standard InChI is InChI=1S/C24H35N5O4/c1-14(2)12-18(26-22(31)16-6-8-17(9-7-16)27(4)5)24(33)28-11-10-19-21(28)20(30)13-29(19)23(32)15(3)25/h6-9,14-15,18-19,21H,10-13,25H2,1-5H3,(H,26,31)/t15-,18+,19-,21+/m1/s1. The Labute approximate surface area is 195 Å². The van der Waals surface area contributed by atoms with Gasteiger partial charge in [0.25, 0.3) is 5.91 Å². The summed E-state index contributed by atoms with van der Waals surface area (Å²) in [6, 6.07) is 4.67. The normalized spacial score (nSPS) is 21.7. The van der Waals surface area contributed by atoms with Crippen LogP contribution in [0.25, 0.3) is 0 Å². The SMILES string of the molecule is CC(C)C[C@H](NC(=O)c1ccc(N(C)C)cc1)C(=O)N1CC[C@@H]2[C@H]1C(=O)CN2C(=O)[C@@H](C)N. The molecule has 33 heavy (non-hydrogen) atoms. The van der Waals surface area contributed by atoms with E-state index < -0.39 is 18.1 Å². The van der Waals surface area contributed by atoms with Gasteiger partial charge in [0, 0.05) is 31.9 Å². The van der Waals surface area contributed by atoms with Crippen molar-refractivity contribution in [1.82, 2.24) is 15.1 Å². The minimum Gasteiger partial charge on any atom is -0.378 e. The minimum absolute atomic E-state index is 0.0289. The molecule has 9 heteroatoms. The third kappa shape index (κ3) is 5.19. The summed E-state index contributed by atoms with van der Waals surface area (Å²) in [7, 11) is 3.84. The van der Waals surface area contributed by atoms with Crippen molar-refractivity contribution in [3.05, 3.63) is 29.8 Å². The van der Waals surface area contributed by atoms with E-state index in [0.717, 1.165) is 5.69 Å². The van der Waals surface area contributed by atoms with Crippen molar-refractivity contribution in [2.45, 2.75) is 57.8 Å². The van der Waals surface area contributed by atoms with Crippen LogP contribution in [0.15, 0.2) is 24.3 Å². The number of rotatable bonds is 7. The molecule has 3 rings (SSSR count). The number of hydrogen-bond donors (Lipinski definition) is 2. The zero-order valence-electron chi connectivity index (χ0n) is 20.1. The number of nitrogens with zero attached hydrogens (tertiary/aromatic N) is 3. The van der Waals surface area contributed by atoms with E-state index in [1.807, 2.05) is 45.0 Å². The number of carbonyl (C=O) groups excluding carboxylic acids is 4. The maximum Gasteiger partial charge on any atom is 0.251 e. The number of hydrogen-bond acceptors (Lipinski definition) is 6. The largest absolute Gasteiger partial charge is 0.378 e. The van der Waals surface area contributed by atoms with Crippen LogP contribution in [0, 0.1) is 5.92 Å². The summed E-state index contributed by atoms with van der Waals surface area (Å²) in [5.41, 5.74) is 7.18. The number of Topliss-reactive ketones (excluding diaryl/α,β-unsaturated/α-hetero) is 1. The second-order valence-corrected chi connectivity index (χ2v) is 9.65. The van der Waals surface area contributed by atoms with Crippen molar-refractivity contribution in [3.63, 3.8) is 0 Å². The Bertz CT molecular complexity index is 912. The van der Waals surface area contributed by atoms with Gasteiger partial charge in [-0.3, -0.25) is 19.2 Å².